The number of rotatable bonds is 7. The predicted molar refractivity (Wildman–Crippen MR) is 122 cm³/mol. The number of carbonyl (C=O) groups is 3. The summed E-state index contributed by atoms with van der Waals surface area (Å²) in [7, 11) is 0. The summed E-state index contributed by atoms with van der Waals surface area (Å²) in [6.07, 6.45) is -0.733. The van der Waals surface area contributed by atoms with Crippen LogP contribution in [0.4, 0.5) is 13.6 Å². The molecule has 35 heavy (non-hydrogen) atoms. The lowest BCUT2D eigenvalue weighted by molar-refractivity contribution is -0.125. The number of benzene rings is 1. The molecule has 1 aromatic carbocycles. The molecule has 0 saturated carbocycles. The van der Waals surface area contributed by atoms with Crippen molar-refractivity contribution in [1.82, 2.24) is 20.0 Å². The van der Waals surface area contributed by atoms with Gasteiger partial charge in [-0.1, -0.05) is 12.1 Å². The van der Waals surface area contributed by atoms with Gasteiger partial charge in [0, 0.05) is 24.7 Å². The molecule has 1 saturated heterocycles. The average molecular weight is 493 g/mol. The standard InChI is InChI=1S/C24H30F2N4O5/c1-5-34-22(32)20-16(13-30(28-20)18-8-6-15(11-25)7-9-18)12-27-21(31)19-10-17(26)14-29(19)23(33)35-24(2,3)4/h6-9,13,17,19H,5,10-12,14H2,1-4H3,(H,27,31)/t17-,19+/m1/s1. The second-order valence-corrected chi connectivity index (χ2v) is 9.17. The van der Waals surface area contributed by atoms with Crippen LogP contribution in [0.5, 0.6) is 0 Å². The van der Waals surface area contributed by atoms with E-state index in [4.69, 9.17) is 9.47 Å². The predicted octanol–water partition coefficient (Wildman–Crippen LogP) is 3.48. The molecule has 1 fully saturated rings. The van der Waals surface area contributed by atoms with E-state index in [-0.39, 0.29) is 31.8 Å². The Balaban J connectivity index is 1.77. The number of ether oxygens (including phenoxy) is 2. The summed E-state index contributed by atoms with van der Waals surface area (Å²) >= 11 is 0. The number of halogens is 2. The molecule has 9 nitrogen and oxygen atoms in total. The van der Waals surface area contributed by atoms with Crippen molar-refractivity contribution >= 4 is 18.0 Å². The monoisotopic (exact) mass is 492 g/mol. The molecule has 2 aromatic rings. The molecular formula is C24H30F2N4O5. The third kappa shape index (κ3) is 6.55. The lowest BCUT2D eigenvalue weighted by Gasteiger charge is -2.27. The zero-order valence-corrected chi connectivity index (χ0v) is 20.2. The zero-order chi connectivity index (χ0) is 25.8. The van der Waals surface area contributed by atoms with Gasteiger partial charge < -0.3 is 14.8 Å². The lowest BCUT2D eigenvalue weighted by atomic mass is 10.2. The van der Waals surface area contributed by atoms with Gasteiger partial charge in [-0.25, -0.2) is 23.1 Å². The van der Waals surface area contributed by atoms with Crippen LogP contribution in [0, 0.1) is 0 Å². The molecule has 190 valence electrons. The second kappa shape index (κ2) is 10.8. The Hall–Kier alpha value is -3.50. The van der Waals surface area contributed by atoms with Crippen LogP contribution in [0.25, 0.3) is 5.69 Å². The van der Waals surface area contributed by atoms with Crippen LogP contribution in [-0.2, 0) is 27.5 Å². The quantitative estimate of drug-likeness (QED) is 0.594. The molecule has 0 radical (unpaired) electrons. The Morgan fingerprint density at radius 3 is 2.49 bits per heavy atom. The summed E-state index contributed by atoms with van der Waals surface area (Å²) in [6.45, 7) is 5.89. The fourth-order valence-electron chi connectivity index (χ4n) is 3.64. The van der Waals surface area contributed by atoms with Gasteiger partial charge in [0.1, 0.15) is 24.5 Å². The first-order valence-electron chi connectivity index (χ1n) is 11.3. The van der Waals surface area contributed by atoms with E-state index in [1.165, 1.54) is 4.68 Å². The highest BCUT2D eigenvalue weighted by atomic mass is 19.1. The van der Waals surface area contributed by atoms with Gasteiger partial charge in [0.2, 0.25) is 5.91 Å². The number of esters is 1. The molecule has 1 aromatic heterocycles. The van der Waals surface area contributed by atoms with Gasteiger partial charge >= 0.3 is 12.1 Å². The van der Waals surface area contributed by atoms with Crippen LogP contribution >= 0.6 is 0 Å². The van der Waals surface area contributed by atoms with Gasteiger partial charge in [-0.05, 0) is 45.4 Å². The van der Waals surface area contributed by atoms with Crippen molar-refractivity contribution in [3.63, 3.8) is 0 Å². The molecule has 11 heteroatoms. The number of amides is 2. The van der Waals surface area contributed by atoms with Crippen molar-refractivity contribution in [3.8, 4) is 5.69 Å². The number of hydrogen-bond acceptors (Lipinski definition) is 6. The van der Waals surface area contributed by atoms with Gasteiger partial charge in [-0.2, -0.15) is 5.10 Å². The molecule has 0 aliphatic carbocycles. The Morgan fingerprint density at radius 2 is 1.89 bits per heavy atom. The van der Waals surface area contributed by atoms with Crippen molar-refractivity contribution in [2.75, 3.05) is 13.2 Å². The largest absolute Gasteiger partial charge is 0.461 e. The van der Waals surface area contributed by atoms with Crippen LogP contribution in [0.15, 0.2) is 30.5 Å². The van der Waals surface area contributed by atoms with Crippen LogP contribution in [-0.4, -0.2) is 63.6 Å². The van der Waals surface area contributed by atoms with Crippen molar-refractivity contribution in [2.45, 2.75) is 65.1 Å². The molecule has 2 heterocycles. The summed E-state index contributed by atoms with van der Waals surface area (Å²) < 4.78 is 38.7. The molecular weight excluding hydrogens is 462 g/mol. The van der Waals surface area contributed by atoms with E-state index in [0.29, 0.717) is 16.8 Å². The molecule has 3 rings (SSSR count). The first kappa shape index (κ1) is 26.1. The molecule has 0 bridgehead atoms. The smallest absolute Gasteiger partial charge is 0.411 e. The highest BCUT2D eigenvalue weighted by Crippen LogP contribution is 2.24. The molecule has 2 amide bonds. The normalized spacial score (nSPS) is 17.8. The second-order valence-electron chi connectivity index (χ2n) is 9.17. The fraction of sp³-hybridized carbons (Fsp3) is 0.500. The van der Waals surface area contributed by atoms with E-state index in [2.05, 4.69) is 10.4 Å². The van der Waals surface area contributed by atoms with E-state index in [1.807, 2.05) is 0 Å². The Kier molecular flexibility index (Phi) is 8.08. The number of nitrogens with one attached hydrogen (secondary N) is 1. The van der Waals surface area contributed by atoms with Gasteiger partial charge in [-0.3, -0.25) is 9.69 Å². The van der Waals surface area contributed by atoms with Crippen LogP contribution in [0.2, 0.25) is 0 Å². The number of aromatic nitrogens is 2. The molecule has 1 aliphatic rings. The van der Waals surface area contributed by atoms with Crippen LogP contribution < -0.4 is 5.32 Å². The van der Waals surface area contributed by atoms with E-state index in [0.717, 1.165) is 4.90 Å². The van der Waals surface area contributed by atoms with Crippen molar-refractivity contribution in [2.24, 2.45) is 0 Å². The maximum absolute atomic E-state index is 14.1. The minimum absolute atomic E-state index is 0.000469. The molecule has 0 unspecified atom stereocenters. The van der Waals surface area contributed by atoms with Crippen LogP contribution in [0.3, 0.4) is 0 Å². The molecule has 1 N–H and O–H groups in total. The third-order valence-corrected chi connectivity index (χ3v) is 5.25. The maximum Gasteiger partial charge on any atom is 0.411 e. The van der Waals surface area contributed by atoms with Crippen molar-refractivity contribution < 1.29 is 32.6 Å². The molecule has 1 aliphatic heterocycles. The van der Waals surface area contributed by atoms with Crippen LogP contribution in [0.1, 0.15) is 55.7 Å². The number of carbonyl (C=O) groups excluding carboxylic acids is 3. The number of hydrogen-bond donors (Lipinski definition) is 1. The van der Waals surface area contributed by atoms with Gasteiger partial charge in [0.05, 0.1) is 18.8 Å². The summed E-state index contributed by atoms with van der Waals surface area (Å²) in [5.74, 6) is -1.25. The highest BCUT2D eigenvalue weighted by molar-refractivity contribution is 5.90. The fourth-order valence-corrected chi connectivity index (χ4v) is 3.64. The van der Waals surface area contributed by atoms with E-state index in [9.17, 15) is 23.2 Å². The summed E-state index contributed by atoms with van der Waals surface area (Å²) in [5, 5.41) is 6.94. The molecule has 0 spiro atoms. The minimum atomic E-state index is -1.36. The number of alkyl halides is 2. The Labute approximate surface area is 202 Å². The summed E-state index contributed by atoms with van der Waals surface area (Å²) in [4.78, 5) is 38.9. The average Bonchev–Trinajstić information content (AvgIpc) is 3.40. The SMILES string of the molecule is CCOC(=O)c1nn(-c2ccc(CF)cc2)cc1CNC(=O)[C@@H]1C[C@@H](F)CN1C(=O)OC(C)(C)C. The van der Waals surface area contributed by atoms with Gasteiger partial charge in [0.15, 0.2) is 5.69 Å². The van der Waals surface area contributed by atoms with E-state index in [1.54, 1.807) is 58.2 Å². The number of nitrogens with zero attached hydrogens (tertiary/aromatic N) is 3. The Morgan fingerprint density at radius 1 is 1.20 bits per heavy atom. The summed E-state index contributed by atoms with van der Waals surface area (Å²) in [5.41, 5.74) is 0.650. The highest BCUT2D eigenvalue weighted by Gasteiger charge is 2.41. The van der Waals surface area contributed by atoms with Gasteiger partial charge in [0.25, 0.3) is 0 Å². The zero-order valence-electron chi connectivity index (χ0n) is 20.2. The Bertz CT molecular complexity index is 1060. The third-order valence-electron chi connectivity index (χ3n) is 5.25. The van der Waals surface area contributed by atoms with Gasteiger partial charge in [-0.15, -0.1) is 0 Å². The summed E-state index contributed by atoms with van der Waals surface area (Å²) in [6, 6.07) is 5.45. The maximum atomic E-state index is 14.1. The number of likely N-dealkylation sites (tertiary alicyclic amines) is 1. The van der Waals surface area contributed by atoms with Crippen molar-refractivity contribution in [3.05, 3.63) is 47.3 Å². The topological polar surface area (TPSA) is 103 Å². The van der Waals surface area contributed by atoms with E-state index >= 15 is 0 Å². The van der Waals surface area contributed by atoms with Crippen molar-refractivity contribution in [1.29, 1.82) is 0 Å². The molecule has 2 atom stereocenters. The first-order chi connectivity index (χ1) is 16.5. The first-order valence-corrected chi connectivity index (χ1v) is 11.3. The minimum Gasteiger partial charge on any atom is -0.461 e. The lowest BCUT2D eigenvalue weighted by Crippen LogP contribution is -2.47. The van der Waals surface area contributed by atoms with E-state index < -0.39 is 42.5 Å².